The maximum atomic E-state index is 14.1. The van der Waals surface area contributed by atoms with Gasteiger partial charge in [-0.05, 0) is 24.6 Å². The molecule has 0 atom stereocenters. The molecule has 3 aromatic rings. The van der Waals surface area contributed by atoms with E-state index in [1.807, 2.05) is 0 Å². The van der Waals surface area contributed by atoms with Gasteiger partial charge in [-0.15, -0.1) is 12.4 Å². The van der Waals surface area contributed by atoms with E-state index < -0.39 is 11.6 Å². The Morgan fingerprint density at radius 1 is 1.28 bits per heavy atom. The fraction of sp³-hybridized carbons (Fsp3) is 0.368. The summed E-state index contributed by atoms with van der Waals surface area (Å²) in [6.07, 6.45) is 2.13. The maximum Gasteiger partial charge on any atom is 0.295 e. The summed E-state index contributed by atoms with van der Waals surface area (Å²) in [5, 5.41) is 0.322. The van der Waals surface area contributed by atoms with E-state index in [-0.39, 0.29) is 29.6 Å². The molecule has 4 rings (SSSR count). The molecule has 0 aliphatic carbocycles. The molecule has 0 N–H and O–H groups in total. The van der Waals surface area contributed by atoms with Crippen LogP contribution in [0.1, 0.15) is 17.0 Å². The molecular formula is C19H20ClF2N3O3S. The zero-order valence-corrected chi connectivity index (χ0v) is 17.1. The largest absolute Gasteiger partial charge is 0.459 e. The number of hydrogen-bond donors (Lipinski definition) is 0. The number of aromatic nitrogens is 1. The molecular weight excluding hydrogens is 424 g/mol. The summed E-state index contributed by atoms with van der Waals surface area (Å²) in [6.45, 7) is 4.32. The average Bonchev–Trinajstić information content (AvgIpc) is 3.35. The first-order valence-electron chi connectivity index (χ1n) is 9.03. The van der Waals surface area contributed by atoms with Gasteiger partial charge in [-0.25, -0.2) is 13.8 Å². The highest BCUT2D eigenvalue weighted by atomic mass is 35.5. The Labute approximate surface area is 176 Å². The summed E-state index contributed by atoms with van der Waals surface area (Å²) in [7, 11) is 0. The van der Waals surface area contributed by atoms with Crippen LogP contribution in [0.5, 0.6) is 0 Å². The van der Waals surface area contributed by atoms with Crippen LogP contribution in [0.3, 0.4) is 0 Å². The van der Waals surface area contributed by atoms with E-state index in [1.165, 1.54) is 17.2 Å². The highest BCUT2D eigenvalue weighted by molar-refractivity contribution is 7.22. The number of fused-ring (bicyclic) bond motifs is 1. The predicted octanol–water partition coefficient (Wildman–Crippen LogP) is 3.96. The lowest BCUT2D eigenvalue weighted by Gasteiger charge is -2.27. The van der Waals surface area contributed by atoms with Gasteiger partial charge < -0.3 is 9.15 Å². The van der Waals surface area contributed by atoms with Gasteiger partial charge >= 0.3 is 0 Å². The number of furan rings is 1. The highest BCUT2D eigenvalue weighted by Crippen LogP contribution is 2.32. The van der Waals surface area contributed by atoms with E-state index in [9.17, 15) is 13.6 Å². The third kappa shape index (κ3) is 4.92. The van der Waals surface area contributed by atoms with Gasteiger partial charge in [-0.1, -0.05) is 11.3 Å². The SMILES string of the molecule is Cl.O=C(c1ccco1)N(CCCN1CCOCC1)c1nc2c(F)cc(F)cc2s1. The predicted molar refractivity (Wildman–Crippen MR) is 109 cm³/mol. The molecule has 156 valence electrons. The summed E-state index contributed by atoms with van der Waals surface area (Å²) in [4.78, 5) is 20.9. The zero-order valence-electron chi connectivity index (χ0n) is 15.5. The number of thiazole rings is 1. The molecule has 0 spiro atoms. The van der Waals surface area contributed by atoms with Crippen LogP contribution in [0.15, 0.2) is 34.9 Å². The van der Waals surface area contributed by atoms with Gasteiger partial charge in [0.1, 0.15) is 11.3 Å². The second kappa shape index (κ2) is 9.62. The van der Waals surface area contributed by atoms with Crippen molar-refractivity contribution in [2.24, 2.45) is 0 Å². The zero-order chi connectivity index (χ0) is 19.5. The van der Waals surface area contributed by atoms with Gasteiger partial charge in [-0.3, -0.25) is 14.6 Å². The van der Waals surface area contributed by atoms with E-state index >= 15 is 0 Å². The van der Waals surface area contributed by atoms with Crippen LogP contribution in [0.4, 0.5) is 13.9 Å². The molecule has 0 unspecified atom stereocenters. The molecule has 0 saturated carbocycles. The number of carbonyl (C=O) groups excluding carboxylic acids is 1. The molecule has 0 bridgehead atoms. The first-order chi connectivity index (χ1) is 13.6. The number of rotatable bonds is 6. The van der Waals surface area contributed by atoms with Crippen LogP contribution < -0.4 is 4.90 Å². The molecule has 1 aliphatic heterocycles. The summed E-state index contributed by atoms with van der Waals surface area (Å²) >= 11 is 1.08. The van der Waals surface area contributed by atoms with Gasteiger partial charge in [0.2, 0.25) is 0 Å². The number of amides is 1. The van der Waals surface area contributed by atoms with Crippen LogP contribution in [-0.4, -0.2) is 55.2 Å². The molecule has 1 aliphatic rings. The molecule has 0 radical (unpaired) electrons. The fourth-order valence-corrected chi connectivity index (χ4v) is 4.18. The third-order valence-electron chi connectivity index (χ3n) is 4.57. The Morgan fingerprint density at radius 2 is 2.07 bits per heavy atom. The lowest BCUT2D eigenvalue weighted by atomic mass is 10.3. The monoisotopic (exact) mass is 443 g/mol. The lowest BCUT2D eigenvalue weighted by Crippen LogP contribution is -2.39. The number of morpholine rings is 1. The Bertz CT molecular complexity index is 961. The van der Waals surface area contributed by atoms with E-state index in [0.29, 0.717) is 36.0 Å². The average molecular weight is 444 g/mol. The summed E-state index contributed by atoms with van der Waals surface area (Å²) in [5.74, 6) is -1.59. The van der Waals surface area contributed by atoms with Gasteiger partial charge in [0.05, 0.1) is 24.2 Å². The number of hydrogen-bond acceptors (Lipinski definition) is 6. The van der Waals surface area contributed by atoms with Gasteiger partial charge in [0, 0.05) is 32.2 Å². The van der Waals surface area contributed by atoms with Crippen molar-refractivity contribution < 1.29 is 22.7 Å². The van der Waals surface area contributed by atoms with E-state index in [4.69, 9.17) is 9.15 Å². The Kier molecular flexibility index (Phi) is 7.18. The summed E-state index contributed by atoms with van der Waals surface area (Å²) in [6, 6.07) is 5.23. The lowest BCUT2D eigenvalue weighted by molar-refractivity contribution is 0.0376. The standard InChI is InChI=1S/C19H19F2N3O3S.ClH/c20-13-11-14(21)17-16(12-13)28-19(22-17)24(18(25)15-3-1-8-27-15)5-2-4-23-6-9-26-10-7-23;/h1,3,8,11-12H,2,4-7,9-10H2;1H. The minimum Gasteiger partial charge on any atom is -0.459 e. The molecule has 1 aromatic carbocycles. The number of ether oxygens (including phenoxy) is 1. The van der Waals surface area contributed by atoms with Crippen LogP contribution in [0.2, 0.25) is 0 Å². The molecule has 3 heterocycles. The van der Waals surface area contributed by atoms with E-state index in [0.717, 1.165) is 37.0 Å². The normalized spacial score (nSPS) is 14.7. The number of anilines is 1. The smallest absolute Gasteiger partial charge is 0.295 e. The fourth-order valence-electron chi connectivity index (χ4n) is 3.16. The van der Waals surface area contributed by atoms with Gasteiger partial charge in [-0.2, -0.15) is 0 Å². The first kappa shape index (κ1) is 21.6. The highest BCUT2D eigenvalue weighted by Gasteiger charge is 2.24. The molecule has 6 nitrogen and oxygen atoms in total. The first-order valence-corrected chi connectivity index (χ1v) is 9.84. The number of halogens is 3. The quantitative estimate of drug-likeness (QED) is 0.577. The van der Waals surface area contributed by atoms with Crippen molar-refractivity contribution in [1.29, 1.82) is 0 Å². The molecule has 1 amide bonds. The molecule has 29 heavy (non-hydrogen) atoms. The van der Waals surface area contributed by atoms with Crippen molar-refractivity contribution >= 4 is 45.0 Å². The van der Waals surface area contributed by atoms with E-state index in [1.54, 1.807) is 12.1 Å². The molecule has 1 saturated heterocycles. The topological polar surface area (TPSA) is 58.8 Å². The van der Waals surface area contributed by atoms with Crippen LogP contribution in [0, 0.1) is 11.6 Å². The van der Waals surface area contributed by atoms with Gasteiger partial charge in [0.25, 0.3) is 5.91 Å². The minimum absolute atomic E-state index is 0. The van der Waals surface area contributed by atoms with Gasteiger partial charge in [0.15, 0.2) is 16.7 Å². The molecule has 2 aromatic heterocycles. The summed E-state index contributed by atoms with van der Waals surface area (Å²) in [5.41, 5.74) is 0.0619. The Hall–Kier alpha value is -2.07. The second-order valence-corrected chi connectivity index (χ2v) is 7.48. The van der Waals surface area contributed by atoms with Crippen LogP contribution in [0.25, 0.3) is 10.2 Å². The minimum atomic E-state index is -0.740. The van der Waals surface area contributed by atoms with Crippen molar-refractivity contribution in [2.75, 3.05) is 44.3 Å². The van der Waals surface area contributed by atoms with E-state index in [2.05, 4.69) is 9.88 Å². The number of benzene rings is 1. The molecule has 1 fully saturated rings. The van der Waals surface area contributed by atoms with Crippen molar-refractivity contribution in [1.82, 2.24) is 9.88 Å². The third-order valence-corrected chi connectivity index (χ3v) is 5.60. The van der Waals surface area contributed by atoms with Crippen molar-refractivity contribution in [3.63, 3.8) is 0 Å². The Morgan fingerprint density at radius 3 is 2.79 bits per heavy atom. The van der Waals surface area contributed by atoms with Crippen molar-refractivity contribution in [2.45, 2.75) is 6.42 Å². The Balaban J connectivity index is 0.00000240. The van der Waals surface area contributed by atoms with Crippen molar-refractivity contribution in [3.05, 3.63) is 47.9 Å². The van der Waals surface area contributed by atoms with Crippen molar-refractivity contribution in [3.8, 4) is 0 Å². The van der Waals surface area contributed by atoms with Crippen LogP contribution in [-0.2, 0) is 4.74 Å². The second-order valence-electron chi connectivity index (χ2n) is 6.47. The van der Waals surface area contributed by atoms with Crippen LogP contribution >= 0.6 is 23.7 Å². The summed E-state index contributed by atoms with van der Waals surface area (Å²) < 4.78 is 38.5. The number of carbonyl (C=O) groups is 1. The number of nitrogens with zero attached hydrogens (tertiary/aromatic N) is 3. The molecule has 10 heteroatoms. The maximum absolute atomic E-state index is 14.1.